The Labute approximate surface area is 137 Å². The Kier molecular flexibility index (Phi) is 17.7. The normalized spacial score (nSPS) is 10.8. The van der Waals surface area contributed by atoms with Crippen molar-refractivity contribution in [1.82, 2.24) is 0 Å². The summed E-state index contributed by atoms with van der Waals surface area (Å²) in [7, 11) is 1.46. The molecular formula is C18H36O2S. The second kappa shape index (κ2) is 17.9. The highest BCUT2D eigenvalue weighted by Gasteiger charge is 1.99. The summed E-state index contributed by atoms with van der Waals surface area (Å²) in [5.74, 6) is 0.975. The highest BCUT2D eigenvalue weighted by Crippen LogP contribution is 2.13. The van der Waals surface area contributed by atoms with Crippen LogP contribution in [0.3, 0.4) is 0 Å². The monoisotopic (exact) mass is 316 g/mol. The fourth-order valence-corrected chi connectivity index (χ4v) is 2.83. The fraction of sp³-hybridized carbons (Fsp3) is 0.944. The van der Waals surface area contributed by atoms with Crippen LogP contribution in [0.1, 0.15) is 96.3 Å². The molecule has 0 aliphatic heterocycles. The van der Waals surface area contributed by atoms with Crippen LogP contribution in [0, 0.1) is 0 Å². The summed E-state index contributed by atoms with van der Waals surface area (Å²) in [6, 6.07) is 0. The van der Waals surface area contributed by atoms with Crippen molar-refractivity contribution in [2.75, 3.05) is 12.9 Å². The lowest BCUT2D eigenvalue weighted by atomic mass is 10.0. The average molecular weight is 317 g/mol. The van der Waals surface area contributed by atoms with E-state index >= 15 is 0 Å². The number of thiol groups is 1. The zero-order valence-electron chi connectivity index (χ0n) is 14.1. The maximum Gasteiger partial charge on any atom is 0.305 e. The number of unbranched alkanes of at least 4 members (excludes halogenated alkanes) is 13. The minimum atomic E-state index is -0.0689. The summed E-state index contributed by atoms with van der Waals surface area (Å²) in [4.78, 5) is 10.9. The predicted octanol–water partition coefficient (Wildman–Crippen LogP) is 5.94. The van der Waals surface area contributed by atoms with Gasteiger partial charge < -0.3 is 4.74 Å². The Hall–Kier alpha value is -0.180. The Morgan fingerprint density at radius 3 is 1.33 bits per heavy atom. The molecule has 0 spiro atoms. The van der Waals surface area contributed by atoms with Crippen LogP contribution in [-0.2, 0) is 9.53 Å². The van der Waals surface area contributed by atoms with Gasteiger partial charge in [0.05, 0.1) is 7.11 Å². The van der Waals surface area contributed by atoms with E-state index in [4.69, 9.17) is 0 Å². The molecule has 0 unspecified atom stereocenters. The van der Waals surface area contributed by atoms with Gasteiger partial charge >= 0.3 is 5.97 Å². The molecule has 0 aliphatic rings. The second-order valence-electron chi connectivity index (χ2n) is 6.00. The summed E-state index contributed by atoms with van der Waals surface area (Å²) in [6.45, 7) is 0. The van der Waals surface area contributed by atoms with Gasteiger partial charge in [0.15, 0.2) is 0 Å². The van der Waals surface area contributed by atoms with Gasteiger partial charge in [-0.15, -0.1) is 0 Å². The molecule has 0 fully saturated rings. The molecule has 0 aliphatic carbocycles. The Morgan fingerprint density at radius 1 is 0.667 bits per heavy atom. The molecule has 2 nitrogen and oxygen atoms in total. The minimum Gasteiger partial charge on any atom is -0.469 e. The van der Waals surface area contributed by atoms with Crippen molar-refractivity contribution < 1.29 is 9.53 Å². The number of hydrogen-bond donors (Lipinski definition) is 1. The molecule has 0 aromatic carbocycles. The van der Waals surface area contributed by atoms with E-state index in [1.807, 2.05) is 0 Å². The van der Waals surface area contributed by atoms with Gasteiger partial charge in [-0.2, -0.15) is 12.6 Å². The van der Waals surface area contributed by atoms with Crippen molar-refractivity contribution in [2.24, 2.45) is 0 Å². The first kappa shape index (κ1) is 20.8. The largest absolute Gasteiger partial charge is 0.469 e. The van der Waals surface area contributed by atoms with Gasteiger partial charge in [-0.05, 0) is 18.6 Å². The minimum absolute atomic E-state index is 0.0689. The summed E-state index contributed by atoms with van der Waals surface area (Å²) < 4.78 is 4.63. The lowest BCUT2D eigenvalue weighted by molar-refractivity contribution is -0.140. The van der Waals surface area contributed by atoms with Gasteiger partial charge in [-0.1, -0.05) is 77.0 Å². The van der Waals surface area contributed by atoms with Crippen molar-refractivity contribution >= 4 is 18.6 Å². The maximum absolute atomic E-state index is 10.9. The van der Waals surface area contributed by atoms with Gasteiger partial charge in [0.2, 0.25) is 0 Å². The molecule has 0 heterocycles. The first-order valence-electron chi connectivity index (χ1n) is 8.99. The molecule has 0 radical (unpaired) electrons. The fourth-order valence-electron chi connectivity index (χ4n) is 2.60. The van der Waals surface area contributed by atoms with Crippen LogP contribution < -0.4 is 0 Å². The average Bonchev–Trinajstić information content (AvgIpc) is 2.50. The van der Waals surface area contributed by atoms with E-state index < -0.39 is 0 Å². The zero-order chi connectivity index (χ0) is 15.6. The molecule has 0 aromatic rings. The molecule has 126 valence electrons. The van der Waals surface area contributed by atoms with E-state index in [0.717, 1.165) is 12.2 Å². The number of esters is 1. The Balaban J connectivity index is 2.98. The highest BCUT2D eigenvalue weighted by atomic mass is 32.1. The van der Waals surface area contributed by atoms with E-state index in [9.17, 15) is 4.79 Å². The summed E-state index contributed by atoms with van der Waals surface area (Å²) in [5.41, 5.74) is 0. The van der Waals surface area contributed by atoms with Crippen molar-refractivity contribution in [3.63, 3.8) is 0 Å². The van der Waals surface area contributed by atoms with Crippen molar-refractivity contribution in [3.8, 4) is 0 Å². The number of methoxy groups -OCH3 is 1. The molecule has 0 atom stereocenters. The highest BCUT2D eigenvalue weighted by molar-refractivity contribution is 7.80. The first-order valence-corrected chi connectivity index (χ1v) is 9.62. The third-order valence-electron chi connectivity index (χ3n) is 4.02. The van der Waals surface area contributed by atoms with Gasteiger partial charge in [0, 0.05) is 6.42 Å². The molecule has 0 aromatic heterocycles. The van der Waals surface area contributed by atoms with E-state index in [1.165, 1.54) is 90.6 Å². The van der Waals surface area contributed by atoms with Crippen LogP contribution in [0.25, 0.3) is 0 Å². The number of hydrogen-bond acceptors (Lipinski definition) is 3. The maximum atomic E-state index is 10.9. The van der Waals surface area contributed by atoms with E-state index in [2.05, 4.69) is 17.4 Å². The van der Waals surface area contributed by atoms with Crippen molar-refractivity contribution in [2.45, 2.75) is 96.3 Å². The zero-order valence-corrected chi connectivity index (χ0v) is 15.0. The number of rotatable bonds is 16. The van der Waals surface area contributed by atoms with E-state index in [-0.39, 0.29) is 5.97 Å². The number of carbonyl (C=O) groups excluding carboxylic acids is 1. The van der Waals surface area contributed by atoms with Gasteiger partial charge in [-0.3, -0.25) is 4.79 Å². The molecule has 0 saturated carbocycles. The predicted molar refractivity (Wildman–Crippen MR) is 95.1 cm³/mol. The van der Waals surface area contributed by atoms with Crippen LogP contribution in [-0.4, -0.2) is 18.8 Å². The molecule has 0 bridgehead atoms. The second-order valence-corrected chi connectivity index (χ2v) is 6.45. The van der Waals surface area contributed by atoms with Crippen molar-refractivity contribution in [3.05, 3.63) is 0 Å². The molecule has 0 saturated heterocycles. The van der Waals surface area contributed by atoms with Gasteiger partial charge in [0.25, 0.3) is 0 Å². The SMILES string of the molecule is COC(=O)CCCCCCCCCCCCCCCCS. The van der Waals surface area contributed by atoms with Crippen LogP contribution in [0.2, 0.25) is 0 Å². The molecule has 0 N–H and O–H groups in total. The van der Waals surface area contributed by atoms with Crippen LogP contribution in [0.4, 0.5) is 0 Å². The third kappa shape index (κ3) is 17.8. The topological polar surface area (TPSA) is 26.3 Å². The quantitative estimate of drug-likeness (QED) is 0.217. The Bertz CT molecular complexity index is 219. The van der Waals surface area contributed by atoms with Gasteiger partial charge in [-0.25, -0.2) is 0 Å². The van der Waals surface area contributed by atoms with Crippen LogP contribution in [0.5, 0.6) is 0 Å². The lowest BCUT2D eigenvalue weighted by Gasteiger charge is -2.03. The summed E-state index contributed by atoms with van der Waals surface area (Å²) in [6.07, 6.45) is 19.2. The molecule has 21 heavy (non-hydrogen) atoms. The first-order chi connectivity index (χ1) is 10.3. The Morgan fingerprint density at radius 2 is 1.00 bits per heavy atom. The molecular weight excluding hydrogens is 280 g/mol. The van der Waals surface area contributed by atoms with Crippen LogP contribution >= 0.6 is 12.6 Å². The van der Waals surface area contributed by atoms with Gasteiger partial charge in [0.1, 0.15) is 0 Å². The summed E-state index contributed by atoms with van der Waals surface area (Å²) in [5, 5.41) is 0. The van der Waals surface area contributed by atoms with E-state index in [1.54, 1.807) is 0 Å². The molecule has 0 amide bonds. The number of carbonyl (C=O) groups is 1. The molecule has 3 heteroatoms. The standard InChI is InChI=1S/C18H36O2S/c1-20-18(19)16-14-12-10-8-6-4-2-3-5-7-9-11-13-15-17-21/h21H,2-17H2,1H3. The smallest absolute Gasteiger partial charge is 0.305 e. The third-order valence-corrected chi connectivity index (χ3v) is 4.33. The summed E-state index contributed by atoms with van der Waals surface area (Å²) >= 11 is 4.23. The van der Waals surface area contributed by atoms with Crippen LogP contribution in [0.15, 0.2) is 0 Å². The lowest BCUT2D eigenvalue weighted by Crippen LogP contribution is -1.99. The van der Waals surface area contributed by atoms with Crippen molar-refractivity contribution in [1.29, 1.82) is 0 Å². The van der Waals surface area contributed by atoms with E-state index in [0.29, 0.717) is 6.42 Å². The number of ether oxygens (including phenoxy) is 1. The molecule has 0 rings (SSSR count).